The third kappa shape index (κ3) is 4.67. The molecule has 0 saturated carbocycles. The zero-order valence-electron chi connectivity index (χ0n) is 16.1. The molecule has 2 aromatic rings. The Bertz CT molecular complexity index is 976. The molecule has 0 spiro atoms. The third-order valence-electron chi connectivity index (χ3n) is 5.00. The molecule has 1 aliphatic heterocycles. The predicted molar refractivity (Wildman–Crippen MR) is 109 cm³/mol. The van der Waals surface area contributed by atoms with Gasteiger partial charge < -0.3 is 15.3 Å². The van der Waals surface area contributed by atoms with E-state index in [-0.39, 0.29) is 36.0 Å². The fraction of sp³-hybridized carbons (Fsp3) is 0.333. The zero-order chi connectivity index (χ0) is 22.1. The van der Waals surface area contributed by atoms with Gasteiger partial charge in [-0.15, -0.1) is 0 Å². The maximum atomic E-state index is 15.0. The molecule has 5 nitrogen and oxygen atoms in total. The number of amides is 2. The summed E-state index contributed by atoms with van der Waals surface area (Å²) in [5, 5.41) is 12.1. The fourth-order valence-electron chi connectivity index (χ4n) is 3.22. The van der Waals surface area contributed by atoms with Crippen molar-refractivity contribution in [3.8, 4) is 0 Å². The Hall–Kier alpha value is -2.39. The molecule has 0 aromatic heterocycles. The number of hydrogen-bond donors (Lipinski definition) is 2. The normalized spacial score (nSPS) is 15.2. The summed E-state index contributed by atoms with van der Waals surface area (Å²) in [6, 6.07) is 7.57. The fourth-order valence-corrected chi connectivity index (χ4v) is 3.71. The van der Waals surface area contributed by atoms with Crippen LogP contribution in [-0.4, -0.2) is 41.0 Å². The first-order chi connectivity index (χ1) is 14.1. The van der Waals surface area contributed by atoms with E-state index in [1.54, 1.807) is 0 Å². The number of hydrogen-bond acceptors (Lipinski definition) is 3. The SMILES string of the molecule is Cc1cc(NC(=O)c2ccc(Br)c(C(F)(F)C(=O)N3CCC(O)CC3)c2)ccc1F. The standard InChI is InChI=1S/C21H20BrF3N2O3/c1-12-10-14(3-5-18(12)23)26-19(29)13-2-4-17(22)16(11-13)21(24,25)20(30)27-8-6-15(28)7-9-27/h2-5,10-11,15,28H,6-9H2,1H3,(H,26,29). The van der Waals surface area contributed by atoms with Gasteiger partial charge in [0.1, 0.15) is 5.82 Å². The molecular weight excluding hydrogens is 465 g/mol. The Morgan fingerprint density at radius 1 is 1.17 bits per heavy atom. The monoisotopic (exact) mass is 484 g/mol. The van der Waals surface area contributed by atoms with Crippen LogP contribution in [0.25, 0.3) is 0 Å². The number of nitrogens with one attached hydrogen (secondary N) is 1. The van der Waals surface area contributed by atoms with Crippen molar-refractivity contribution < 1.29 is 27.9 Å². The van der Waals surface area contributed by atoms with Gasteiger partial charge in [-0.2, -0.15) is 8.78 Å². The lowest BCUT2D eigenvalue weighted by molar-refractivity contribution is -0.161. The van der Waals surface area contributed by atoms with Gasteiger partial charge in [0.15, 0.2) is 0 Å². The highest BCUT2D eigenvalue weighted by Crippen LogP contribution is 2.37. The molecule has 1 fully saturated rings. The molecule has 0 radical (unpaired) electrons. The number of rotatable bonds is 4. The molecule has 160 valence electrons. The van der Waals surface area contributed by atoms with E-state index in [4.69, 9.17) is 0 Å². The molecule has 2 N–H and O–H groups in total. The number of nitrogens with zero attached hydrogens (tertiary/aromatic N) is 1. The van der Waals surface area contributed by atoms with E-state index >= 15 is 8.78 Å². The largest absolute Gasteiger partial charge is 0.393 e. The summed E-state index contributed by atoms with van der Waals surface area (Å²) in [6.45, 7) is 1.61. The predicted octanol–water partition coefficient (Wildman–Crippen LogP) is 4.22. The number of likely N-dealkylation sites (tertiary alicyclic amines) is 1. The van der Waals surface area contributed by atoms with Gasteiger partial charge in [-0.1, -0.05) is 15.9 Å². The van der Waals surface area contributed by atoms with Crippen molar-refractivity contribution in [2.45, 2.75) is 31.8 Å². The highest BCUT2D eigenvalue weighted by atomic mass is 79.9. The first-order valence-electron chi connectivity index (χ1n) is 9.32. The quantitative estimate of drug-likeness (QED) is 0.682. The molecule has 0 atom stereocenters. The summed E-state index contributed by atoms with van der Waals surface area (Å²) < 4.78 is 43.4. The van der Waals surface area contributed by atoms with Crippen molar-refractivity contribution in [1.82, 2.24) is 4.90 Å². The topological polar surface area (TPSA) is 69.6 Å². The first kappa shape index (κ1) is 22.3. The van der Waals surface area contributed by atoms with E-state index in [2.05, 4.69) is 21.2 Å². The number of benzene rings is 2. The Labute approximate surface area is 180 Å². The van der Waals surface area contributed by atoms with Crippen molar-refractivity contribution in [1.29, 1.82) is 0 Å². The zero-order valence-corrected chi connectivity index (χ0v) is 17.7. The van der Waals surface area contributed by atoms with Crippen LogP contribution in [0.4, 0.5) is 18.9 Å². The number of halogens is 4. The second-order valence-electron chi connectivity index (χ2n) is 7.21. The average molecular weight is 485 g/mol. The van der Waals surface area contributed by atoms with Gasteiger partial charge in [-0.3, -0.25) is 9.59 Å². The lowest BCUT2D eigenvalue weighted by Crippen LogP contribution is -2.47. The molecule has 0 aliphatic carbocycles. The molecule has 2 aromatic carbocycles. The number of carbonyl (C=O) groups is 2. The third-order valence-corrected chi connectivity index (χ3v) is 5.69. The van der Waals surface area contributed by atoms with E-state index in [1.165, 1.54) is 37.3 Å². The van der Waals surface area contributed by atoms with Crippen LogP contribution in [0.3, 0.4) is 0 Å². The van der Waals surface area contributed by atoms with Crippen LogP contribution in [0, 0.1) is 12.7 Å². The minimum Gasteiger partial charge on any atom is -0.393 e. The molecule has 2 amide bonds. The van der Waals surface area contributed by atoms with Crippen LogP contribution >= 0.6 is 15.9 Å². The maximum Gasteiger partial charge on any atom is 0.351 e. The van der Waals surface area contributed by atoms with Gasteiger partial charge in [0, 0.05) is 34.4 Å². The number of aliphatic hydroxyl groups is 1. The van der Waals surface area contributed by atoms with Crippen LogP contribution in [0.2, 0.25) is 0 Å². The van der Waals surface area contributed by atoms with Gasteiger partial charge in [0.05, 0.1) is 6.10 Å². The van der Waals surface area contributed by atoms with Gasteiger partial charge >= 0.3 is 5.92 Å². The minimum atomic E-state index is -3.86. The van der Waals surface area contributed by atoms with Crippen molar-refractivity contribution in [3.05, 3.63) is 63.4 Å². The van der Waals surface area contributed by atoms with E-state index in [1.807, 2.05) is 0 Å². The van der Waals surface area contributed by atoms with E-state index in [0.717, 1.165) is 11.0 Å². The second kappa shape index (κ2) is 8.77. The average Bonchev–Trinajstić information content (AvgIpc) is 2.71. The molecule has 0 unspecified atom stereocenters. The van der Waals surface area contributed by atoms with Crippen molar-refractivity contribution in [3.63, 3.8) is 0 Å². The summed E-state index contributed by atoms with van der Waals surface area (Å²) in [4.78, 5) is 26.0. The molecule has 9 heteroatoms. The Morgan fingerprint density at radius 2 is 1.83 bits per heavy atom. The number of anilines is 1. The molecule has 1 saturated heterocycles. The highest BCUT2D eigenvalue weighted by Gasteiger charge is 2.46. The van der Waals surface area contributed by atoms with Gasteiger partial charge in [-0.05, 0) is 61.7 Å². The Balaban J connectivity index is 1.83. The smallest absolute Gasteiger partial charge is 0.351 e. The number of alkyl halides is 2. The Morgan fingerprint density at radius 3 is 2.47 bits per heavy atom. The second-order valence-corrected chi connectivity index (χ2v) is 8.06. The van der Waals surface area contributed by atoms with Gasteiger partial charge in [-0.25, -0.2) is 4.39 Å². The number of carbonyl (C=O) groups excluding carboxylic acids is 2. The number of aliphatic hydroxyl groups excluding tert-OH is 1. The van der Waals surface area contributed by atoms with Crippen LogP contribution in [0.15, 0.2) is 40.9 Å². The van der Waals surface area contributed by atoms with Gasteiger partial charge in [0.25, 0.3) is 11.8 Å². The lowest BCUT2D eigenvalue weighted by atomic mass is 10.0. The van der Waals surface area contributed by atoms with E-state index < -0.39 is 35.2 Å². The summed E-state index contributed by atoms with van der Waals surface area (Å²) in [5.74, 6) is -6.33. The number of piperidine rings is 1. The number of aryl methyl sites for hydroxylation is 1. The van der Waals surface area contributed by atoms with Crippen molar-refractivity contribution in [2.24, 2.45) is 0 Å². The summed E-state index contributed by atoms with van der Waals surface area (Å²) in [7, 11) is 0. The summed E-state index contributed by atoms with van der Waals surface area (Å²) >= 11 is 3.04. The van der Waals surface area contributed by atoms with E-state index in [9.17, 15) is 19.1 Å². The molecular formula is C21H20BrF3N2O3. The maximum absolute atomic E-state index is 15.0. The van der Waals surface area contributed by atoms with Crippen LogP contribution in [-0.2, 0) is 10.7 Å². The van der Waals surface area contributed by atoms with Crippen molar-refractivity contribution >= 4 is 33.4 Å². The molecule has 3 rings (SSSR count). The van der Waals surface area contributed by atoms with Gasteiger partial charge in [0.2, 0.25) is 0 Å². The van der Waals surface area contributed by atoms with Crippen molar-refractivity contribution in [2.75, 3.05) is 18.4 Å². The Kier molecular flexibility index (Phi) is 6.52. The summed E-state index contributed by atoms with van der Waals surface area (Å²) in [6.07, 6.45) is -0.123. The summed E-state index contributed by atoms with van der Waals surface area (Å²) in [5.41, 5.74) is -0.0515. The molecule has 1 aliphatic rings. The van der Waals surface area contributed by atoms with Crippen LogP contribution < -0.4 is 5.32 Å². The first-order valence-corrected chi connectivity index (χ1v) is 10.1. The highest BCUT2D eigenvalue weighted by molar-refractivity contribution is 9.10. The molecule has 30 heavy (non-hydrogen) atoms. The van der Waals surface area contributed by atoms with Crippen LogP contribution in [0.5, 0.6) is 0 Å². The van der Waals surface area contributed by atoms with Crippen LogP contribution in [0.1, 0.15) is 34.3 Å². The minimum absolute atomic E-state index is 0.00734. The molecule has 0 bridgehead atoms. The molecule has 1 heterocycles. The van der Waals surface area contributed by atoms with E-state index in [0.29, 0.717) is 11.3 Å². The lowest BCUT2D eigenvalue weighted by Gasteiger charge is -2.32.